The van der Waals surface area contributed by atoms with Crippen molar-refractivity contribution in [3.05, 3.63) is 35.4 Å². The fraction of sp³-hybridized carbons (Fsp3) is 0.588. The van der Waals surface area contributed by atoms with Gasteiger partial charge in [-0.3, -0.25) is 14.6 Å². The normalized spacial score (nSPS) is 21.2. The van der Waals surface area contributed by atoms with E-state index in [-0.39, 0.29) is 24.4 Å². The number of likely N-dealkylation sites (N-methyl/N-ethyl adjacent to an activating group) is 1. The van der Waals surface area contributed by atoms with Gasteiger partial charge in [0.05, 0.1) is 6.54 Å². The molecule has 1 aliphatic rings. The molecule has 6 heteroatoms. The van der Waals surface area contributed by atoms with E-state index in [4.69, 9.17) is 5.11 Å². The van der Waals surface area contributed by atoms with Crippen molar-refractivity contribution < 1.29 is 18.7 Å². The molecule has 1 fully saturated rings. The lowest BCUT2D eigenvalue weighted by atomic mass is 10.1. The number of halogens is 2. The standard InChI is InChI=1S/C17H24F2N2O2/c1-12(15-10-13(18)5-6-16(15)19)21-8-3-4-14(7-9-21)20(2)11-17(22)23/h5-6,10,12,14H,3-4,7-9,11H2,1-2H3,(H,22,23). The molecule has 1 N–H and O–H groups in total. The lowest BCUT2D eigenvalue weighted by Crippen LogP contribution is -2.37. The van der Waals surface area contributed by atoms with Crippen molar-refractivity contribution in [2.45, 2.75) is 38.3 Å². The number of rotatable bonds is 5. The van der Waals surface area contributed by atoms with Crippen LogP contribution in [0.2, 0.25) is 0 Å². The van der Waals surface area contributed by atoms with Gasteiger partial charge in [0, 0.05) is 24.2 Å². The van der Waals surface area contributed by atoms with Gasteiger partial charge in [-0.2, -0.15) is 0 Å². The highest BCUT2D eigenvalue weighted by molar-refractivity contribution is 5.69. The van der Waals surface area contributed by atoms with Gasteiger partial charge in [0.1, 0.15) is 11.6 Å². The Morgan fingerprint density at radius 3 is 2.83 bits per heavy atom. The van der Waals surface area contributed by atoms with Gasteiger partial charge in [-0.1, -0.05) is 0 Å². The molecule has 128 valence electrons. The van der Waals surface area contributed by atoms with Crippen molar-refractivity contribution in [3.63, 3.8) is 0 Å². The van der Waals surface area contributed by atoms with E-state index in [1.54, 1.807) is 0 Å². The maximum Gasteiger partial charge on any atom is 0.317 e. The van der Waals surface area contributed by atoms with Crippen molar-refractivity contribution in [2.24, 2.45) is 0 Å². The van der Waals surface area contributed by atoms with E-state index in [1.165, 1.54) is 12.1 Å². The van der Waals surface area contributed by atoms with Gasteiger partial charge < -0.3 is 5.11 Å². The molecule has 0 bridgehead atoms. The zero-order valence-electron chi connectivity index (χ0n) is 13.6. The minimum absolute atomic E-state index is 0.0265. The molecule has 0 amide bonds. The highest BCUT2D eigenvalue weighted by Crippen LogP contribution is 2.27. The van der Waals surface area contributed by atoms with Gasteiger partial charge in [-0.25, -0.2) is 8.78 Å². The molecule has 2 unspecified atom stereocenters. The van der Waals surface area contributed by atoms with Crippen molar-refractivity contribution in [1.29, 1.82) is 0 Å². The van der Waals surface area contributed by atoms with Crippen LogP contribution in [0.15, 0.2) is 18.2 Å². The number of likely N-dealkylation sites (tertiary alicyclic amines) is 1. The smallest absolute Gasteiger partial charge is 0.317 e. The summed E-state index contributed by atoms with van der Waals surface area (Å²) < 4.78 is 27.4. The summed E-state index contributed by atoms with van der Waals surface area (Å²) in [6.07, 6.45) is 2.65. The molecule has 0 spiro atoms. The Bertz CT molecular complexity index is 553. The average Bonchev–Trinajstić information content (AvgIpc) is 2.74. The quantitative estimate of drug-likeness (QED) is 0.903. The van der Waals surface area contributed by atoms with Gasteiger partial charge >= 0.3 is 5.97 Å². The molecular formula is C17H24F2N2O2. The van der Waals surface area contributed by atoms with Gasteiger partial charge in [-0.15, -0.1) is 0 Å². The van der Waals surface area contributed by atoms with E-state index in [1.807, 2.05) is 18.9 Å². The second-order valence-corrected chi connectivity index (χ2v) is 6.27. The number of nitrogens with zero attached hydrogens (tertiary/aromatic N) is 2. The van der Waals surface area contributed by atoms with E-state index < -0.39 is 11.8 Å². The van der Waals surface area contributed by atoms with Crippen LogP contribution in [0.4, 0.5) is 8.78 Å². The first kappa shape index (κ1) is 17.8. The largest absolute Gasteiger partial charge is 0.480 e. The number of hydrogen-bond donors (Lipinski definition) is 1. The van der Waals surface area contributed by atoms with Crippen LogP contribution in [0.1, 0.15) is 37.8 Å². The van der Waals surface area contributed by atoms with Crippen molar-refractivity contribution >= 4 is 5.97 Å². The van der Waals surface area contributed by atoms with Crippen LogP contribution in [-0.4, -0.2) is 53.6 Å². The van der Waals surface area contributed by atoms with E-state index in [9.17, 15) is 13.6 Å². The van der Waals surface area contributed by atoms with Crippen LogP contribution < -0.4 is 0 Å². The van der Waals surface area contributed by atoms with E-state index in [2.05, 4.69) is 4.90 Å². The molecule has 0 saturated carbocycles. The Morgan fingerprint density at radius 2 is 2.13 bits per heavy atom. The van der Waals surface area contributed by atoms with E-state index in [0.717, 1.165) is 38.4 Å². The first-order chi connectivity index (χ1) is 10.9. The second kappa shape index (κ2) is 7.84. The number of carbonyl (C=O) groups is 1. The third kappa shape index (κ3) is 4.72. The summed E-state index contributed by atoms with van der Waals surface area (Å²) in [6, 6.07) is 3.57. The minimum atomic E-state index is -0.830. The van der Waals surface area contributed by atoms with Gasteiger partial charge in [0.2, 0.25) is 0 Å². The summed E-state index contributed by atoms with van der Waals surface area (Å²) >= 11 is 0. The molecule has 1 aliphatic heterocycles. The molecular weight excluding hydrogens is 302 g/mol. The van der Waals surface area contributed by atoms with Crippen LogP contribution >= 0.6 is 0 Å². The minimum Gasteiger partial charge on any atom is -0.480 e. The molecule has 4 nitrogen and oxygen atoms in total. The first-order valence-electron chi connectivity index (χ1n) is 7.99. The van der Waals surface area contributed by atoms with Gasteiger partial charge in [0.25, 0.3) is 0 Å². The molecule has 1 aromatic rings. The molecule has 1 saturated heterocycles. The maximum absolute atomic E-state index is 14.0. The average molecular weight is 326 g/mol. The fourth-order valence-electron chi connectivity index (χ4n) is 3.30. The molecule has 2 atom stereocenters. The molecule has 0 radical (unpaired) electrons. The summed E-state index contributed by atoms with van der Waals surface area (Å²) in [5, 5.41) is 8.90. The molecule has 0 aliphatic carbocycles. The van der Waals surface area contributed by atoms with Crippen LogP contribution in [0.3, 0.4) is 0 Å². The van der Waals surface area contributed by atoms with Crippen LogP contribution in [0.25, 0.3) is 0 Å². The maximum atomic E-state index is 14.0. The van der Waals surface area contributed by atoms with Crippen LogP contribution in [0.5, 0.6) is 0 Å². The Kier molecular flexibility index (Phi) is 6.07. The third-order valence-electron chi connectivity index (χ3n) is 4.70. The number of carboxylic acids is 1. The zero-order valence-corrected chi connectivity index (χ0v) is 13.6. The third-order valence-corrected chi connectivity index (χ3v) is 4.70. The predicted molar refractivity (Wildman–Crippen MR) is 84.3 cm³/mol. The lowest BCUT2D eigenvalue weighted by molar-refractivity contribution is -0.138. The highest BCUT2D eigenvalue weighted by atomic mass is 19.1. The van der Waals surface area contributed by atoms with Crippen molar-refractivity contribution in [1.82, 2.24) is 9.80 Å². The van der Waals surface area contributed by atoms with Crippen LogP contribution in [0, 0.1) is 11.6 Å². The molecule has 1 aromatic carbocycles. The van der Waals surface area contributed by atoms with Crippen LogP contribution in [-0.2, 0) is 4.79 Å². The topological polar surface area (TPSA) is 43.8 Å². The molecule has 23 heavy (non-hydrogen) atoms. The lowest BCUT2D eigenvalue weighted by Gasteiger charge is -2.29. The summed E-state index contributed by atoms with van der Waals surface area (Å²) in [6.45, 7) is 3.46. The Balaban J connectivity index is 2.02. The van der Waals surface area contributed by atoms with Crippen molar-refractivity contribution in [2.75, 3.05) is 26.7 Å². The van der Waals surface area contributed by atoms with E-state index in [0.29, 0.717) is 5.56 Å². The number of benzene rings is 1. The van der Waals surface area contributed by atoms with E-state index >= 15 is 0 Å². The monoisotopic (exact) mass is 326 g/mol. The molecule has 0 aromatic heterocycles. The Morgan fingerprint density at radius 1 is 1.39 bits per heavy atom. The van der Waals surface area contributed by atoms with Gasteiger partial charge in [0.15, 0.2) is 0 Å². The zero-order chi connectivity index (χ0) is 17.0. The van der Waals surface area contributed by atoms with Crippen molar-refractivity contribution in [3.8, 4) is 0 Å². The number of hydrogen-bond acceptors (Lipinski definition) is 3. The highest BCUT2D eigenvalue weighted by Gasteiger charge is 2.25. The second-order valence-electron chi connectivity index (χ2n) is 6.27. The Labute approximate surface area is 135 Å². The summed E-state index contributed by atoms with van der Waals surface area (Å²) in [7, 11) is 1.82. The molecule has 1 heterocycles. The summed E-state index contributed by atoms with van der Waals surface area (Å²) in [4.78, 5) is 14.8. The Hall–Kier alpha value is -1.53. The number of carboxylic acid groups (broad SMARTS) is 1. The molecule has 2 rings (SSSR count). The van der Waals surface area contributed by atoms with Gasteiger partial charge in [-0.05, 0) is 58.0 Å². The first-order valence-corrected chi connectivity index (χ1v) is 7.99. The summed E-state index contributed by atoms with van der Waals surface area (Å²) in [5.41, 5.74) is 0.377. The number of aliphatic carboxylic acids is 1. The predicted octanol–water partition coefficient (Wildman–Crippen LogP) is 2.90. The summed E-state index contributed by atoms with van der Waals surface area (Å²) in [5.74, 6) is -1.64. The fourth-order valence-corrected chi connectivity index (χ4v) is 3.30. The SMILES string of the molecule is CC(c1cc(F)ccc1F)N1CCCC(N(C)CC(=O)O)CC1.